The van der Waals surface area contributed by atoms with Crippen LogP contribution in [0.4, 0.5) is 5.82 Å². The normalized spacial score (nSPS) is 10.0. The van der Waals surface area contributed by atoms with Crippen LogP contribution in [0.2, 0.25) is 5.02 Å². The summed E-state index contributed by atoms with van der Waals surface area (Å²) >= 11 is 5.73. The number of aromatic nitrogens is 2. The molecule has 1 aromatic heterocycles. The lowest BCUT2D eigenvalue weighted by molar-refractivity contribution is 0.229. The quantitative estimate of drug-likeness (QED) is 0.696. The van der Waals surface area contributed by atoms with Gasteiger partial charge in [-0.3, -0.25) is 0 Å². The predicted octanol–water partition coefficient (Wildman–Crippen LogP) is 0.473. The number of nitrogen functional groups attached to an aromatic ring is 1. The van der Waals surface area contributed by atoms with Gasteiger partial charge in [0.15, 0.2) is 0 Å². The Hall–Kier alpha value is -1.07. The number of rotatable bonds is 4. The molecule has 0 aliphatic rings. The molecule has 0 aliphatic heterocycles. The van der Waals surface area contributed by atoms with Crippen molar-refractivity contribution in [2.24, 2.45) is 0 Å². The second-order valence-corrected chi connectivity index (χ2v) is 2.68. The topological polar surface area (TPSA) is 81.3 Å². The summed E-state index contributed by atoms with van der Waals surface area (Å²) in [6.45, 7) is 0.421. The third-order valence-electron chi connectivity index (χ3n) is 1.33. The molecule has 0 fully saturated rings. The maximum absolute atomic E-state index is 8.50. The highest BCUT2D eigenvalue weighted by atomic mass is 35.5. The number of aliphatic hydroxyl groups excluding tert-OH is 1. The van der Waals surface area contributed by atoms with Gasteiger partial charge in [-0.15, -0.1) is 0 Å². The Labute approximate surface area is 80.5 Å². The first-order chi connectivity index (χ1) is 6.25. The van der Waals surface area contributed by atoms with Crippen molar-refractivity contribution in [3.63, 3.8) is 0 Å². The van der Waals surface area contributed by atoms with Crippen molar-refractivity contribution in [3.05, 3.63) is 11.3 Å². The van der Waals surface area contributed by atoms with Gasteiger partial charge in [-0.05, 0) is 0 Å². The van der Waals surface area contributed by atoms with Crippen LogP contribution in [-0.2, 0) is 0 Å². The highest BCUT2D eigenvalue weighted by molar-refractivity contribution is 6.33. The lowest BCUT2D eigenvalue weighted by atomic mass is 10.5. The average Bonchev–Trinajstić information content (AvgIpc) is 2.13. The van der Waals surface area contributed by atoms with Gasteiger partial charge in [0.1, 0.15) is 17.2 Å². The molecule has 1 aromatic rings. The third kappa shape index (κ3) is 2.71. The van der Waals surface area contributed by atoms with Crippen LogP contribution in [0.15, 0.2) is 6.33 Å². The minimum absolute atomic E-state index is 0.0676. The molecule has 0 aromatic carbocycles. The van der Waals surface area contributed by atoms with Gasteiger partial charge < -0.3 is 15.6 Å². The van der Waals surface area contributed by atoms with E-state index in [9.17, 15) is 0 Å². The van der Waals surface area contributed by atoms with E-state index < -0.39 is 0 Å². The second kappa shape index (κ2) is 4.84. The van der Waals surface area contributed by atoms with E-state index in [1.54, 1.807) is 0 Å². The van der Waals surface area contributed by atoms with E-state index in [2.05, 4.69) is 9.97 Å². The number of hydrogen-bond donors (Lipinski definition) is 2. The summed E-state index contributed by atoms with van der Waals surface area (Å²) in [5.74, 6) is 0.443. The number of nitrogens with two attached hydrogens (primary N) is 1. The molecule has 72 valence electrons. The Bertz CT molecular complexity index is 282. The summed E-state index contributed by atoms with van der Waals surface area (Å²) in [6.07, 6.45) is 1.80. The molecule has 0 bridgehead atoms. The molecule has 0 saturated carbocycles. The Kier molecular flexibility index (Phi) is 3.72. The van der Waals surface area contributed by atoms with Crippen LogP contribution in [0.1, 0.15) is 6.42 Å². The van der Waals surface area contributed by atoms with E-state index in [0.717, 1.165) is 0 Å². The molecule has 0 radical (unpaired) electrons. The first kappa shape index (κ1) is 10.0. The van der Waals surface area contributed by atoms with E-state index in [1.165, 1.54) is 6.33 Å². The largest absolute Gasteiger partial charge is 0.476 e. The van der Waals surface area contributed by atoms with Crippen molar-refractivity contribution in [3.8, 4) is 5.88 Å². The highest BCUT2D eigenvalue weighted by Crippen LogP contribution is 2.25. The fourth-order valence-electron chi connectivity index (χ4n) is 0.700. The van der Waals surface area contributed by atoms with Crippen molar-refractivity contribution in [1.82, 2.24) is 9.97 Å². The van der Waals surface area contributed by atoms with Crippen LogP contribution >= 0.6 is 11.6 Å². The summed E-state index contributed by atoms with van der Waals surface area (Å²) in [7, 11) is 0. The SMILES string of the molecule is Nc1ncnc(OCCCO)c1Cl. The van der Waals surface area contributed by atoms with Gasteiger partial charge in [0, 0.05) is 13.0 Å². The number of nitrogens with zero attached hydrogens (tertiary/aromatic N) is 2. The molecule has 1 heterocycles. The van der Waals surface area contributed by atoms with Crippen molar-refractivity contribution in [2.75, 3.05) is 18.9 Å². The third-order valence-corrected chi connectivity index (χ3v) is 1.68. The van der Waals surface area contributed by atoms with Gasteiger partial charge >= 0.3 is 0 Å². The van der Waals surface area contributed by atoms with E-state index in [1.807, 2.05) is 0 Å². The smallest absolute Gasteiger partial charge is 0.237 e. The maximum atomic E-state index is 8.50. The maximum Gasteiger partial charge on any atom is 0.237 e. The Morgan fingerprint density at radius 2 is 2.31 bits per heavy atom. The number of hydrogen-bond acceptors (Lipinski definition) is 5. The van der Waals surface area contributed by atoms with Gasteiger partial charge in [0.25, 0.3) is 0 Å². The first-order valence-corrected chi connectivity index (χ1v) is 4.13. The zero-order chi connectivity index (χ0) is 9.68. The molecular weight excluding hydrogens is 194 g/mol. The van der Waals surface area contributed by atoms with E-state index in [-0.39, 0.29) is 23.3 Å². The Balaban J connectivity index is 2.61. The van der Waals surface area contributed by atoms with Gasteiger partial charge in [-0.25, -0.2) is 9.97 Å². The second-order valence-electron chi connectivity index (χ2n) is 2.30. The van der Waals surface area contributed by atoms with E-state index in [4.69, 9.17) is 27.2 Å². The lowest BCUT2D eigenvalue weighted by Gasteiger charge is -2.05. The van der Waals surface area contributed by atoms with Crippen molar-refractivity contribution < 1.29 is 9.84 Å². The van der Waals surface area contributed by atoms with Crippen LogP contribution in [-0.4, -0.2) is 28.3 Å². The molecule has 0 amide bonds. The fraction of sp³-hybridized carbons (Fsp3) is 0.429. The molecule has 0 saturated heterocycles. The van der Waals surface area contributed by atoms with Crippen LogP contribution < -0.4 is 10.5 Å². The molecule has 0 atom stereocenters. The predicted molar refractivity (Wildman–Crippen MR) is 48.7 cm³/mol. The summed E-state index contributed by atoms with van der Waals surface area (Å²) in [5, 5.41) is 8.71. The molecular formula is C7H10ClN3O2. The number of ether oxygens (including phenoxy) is 1. The summed E-state index contributed by atoms with van der Waals surface area (Å²) in [6, 6.07) is 0. The molecule has 3 N–H and O–H groups in total. The van der Waals surface area contributed by atoms with Gasteiger partial charge in [0.2, 0.25) is 5.88 Å². The van der Waals surface area contributed by atoms with Gasteiger partial charge in [-0.1, -0.05) is 11.6 Å². The fourth-order valence-corrected chi connectivity index (χ4v) is 0.853. The first-order valence-electron chi connectivity index (χ1n) is 3.75. The van der Waals surface area contributed by atoms with Crippen molar-refractivity contribution in [1.29, 1.82) is 0 Å². The van der Waals surface area contributed by atoms with Crippen LogP contribution in [0.25, 0.3) is 0 Å². The van der Waals surface area contributed by atoms with Crippen LogP contribution in [0.3, 0.4) is 0 Å². The number of aliphatic hydroxyl groups is 1. The average molecular weight is 204 g/mol. The van der Waals surface area contributed by atoms with Crippen LogP contribution in [0, 0.1) is 0 Å². The van der Waals surface area contributed by atoms with E-state index in [0.29, 0.717) is 13.0 Å². The molecule has 6 heteroatoms. The number of anilines is 1. The zero-order valence-corrected chi connectivity index (χ0v) is 7.66. The zero-order valence-electron chi connectivity index (χ0n) is 6.90. The van der Waals surface area contributed by atoms with Crippen molar-refractivity contribution in [2.45, 2.75) is 6.42 Å². The summed E-state index contributed by atoms with van der Waals surface area (Å²) in [4.78, 5) is 7.46. The molecule has 1 rings (SSSR count). The lowest BCUT2D eigenvalue weighted by Crippen LogP contribution is -2.03. The van der Waals surface area contributed by atoms with Gasteiger partial charge in [-0.2, -0.15) is 0 Å². The highest BCUT2D eigenvalue weighted by Gasteiger charge is 2.06. The van der Waals surface area contributed by atoms with Gasteiger partial charge in [0.05, 0.1) is 6.61 Å². The summed E-state index contributed by atoms with van der Waals surface area (Å²) < 4.78 is 5.13. The Morgan fingerprint density at radius 3 is 3.00 bits per heavy atom. The standard InChI is InChI=1S/C7H10ClN3O2/c8-5-6(9)10-4-11-7(5)13-3-1-2-12/h4,12H,1-3H2,(H2,9,10,11). The molecule has 5 nitrogen and oxygen atoms in total. The minimum Gasteiger partial charge on any atom is -0.476 e. The van der Waals surface area contributed by atoms with Crippen molar-refractivity contribution >= 4 is 17.4 Å². The monoisotopic (exact) mass is 203 g/mol. The Morgan fingerprint density at radius 1 is 1.54 bits per heavy atom. The van der Waals surface area contributed by atoms with E-state index >= 15 is 0 Å². The molecule has 0 spiro atoms. The number of halogens is 1. The van der Waals surface area contributed by atoms with Crippen LogP contribution in [0.5, 0.6) is 5.88 Å². The summed E-state index contributed by atoms with van der Waals surface area (Å²) in [5.41, 5.74) is 5.41. The molecule has 13 heavy (non-hydrogen) atoms. The molecule has 0 unspecified atom stereocenters. The molecule has 0 aliphatic carbocycles. The minimum atomic E-state index is 0.0676.